The summed E-state index contributed by atoms with van der Waals surface area (Å²) >= 11 is 0. The van der Waals surface area contributed by atoms with Gasteiger partial charge in [-0.05, 0) is 35.4 Å². The summed E-state index contributed by atoms with van der Waals surface area (Å²) in [5.74, 6) is -3.54. The molecule has 15 heteroatoms. The zero-order chi connectivity index (χ0) is 33.4. The highest BCUT2D eigenvalue weighted by molar-refractivity contribution is 5.62. The molecule has 0 amide bonds. The summed E-state index contributed by atoms with van der Waals surface area (Å²) in [7, 11) is 1.30. The molecule has 0 unspecified atom stereocenters. The molecule has 250 valence electrons. The van der Waals surface area contributed by atoms with Gasteiger partial charge >= 0.3 is 0 Å². The molecule has 0 saturated carbocycles. The minimum atomic E-state index is -1.85. The molecule has 46 heavy (non-hydrogen) atoms. The molecule has 9 atom stereocenters. The van der Waals surface area contributed by atoms with Crippen LogP contribution in [-0.4, -0.2) is 119 Å². The molecule has 11 N–H and O–H groups in total. The molecular weight excluding hydrogens is 612 g/mol. The van der Waals surface area contributed by atoms with Gasteiger partial charge < -0.3 is 75.1 Å². The number of hydrogen-bond donors (Lipinski definition) is 11. The zero-order valence-electron chi connectivity index (χ0n) is 24.4. The summed E-state index contributed by atoms with van der Waals surface area (Å²) in [6.45, 7) is -1.57. The quantitative estimate of drug-likeness (QED) is 0.132. The van der Waals surface area contributed by atoms with Crippen molar-refractivity contribution in [2.45, 2.75) is 61.4 Å². The number of fused-ring (bicyclic) bond motifs is 1. The SMILES string of the molecule is COc1cc([C@H](c2c(O)cc(O)c3c2O[C@H](c2ccc(O)c(O)c2)[C@H](O)C3)[C@@H](CO)O[C@H]2O[C@@H](CO)[C@H](O)[C@@H](O)[C@@H]2O)ccc1O. The third-order valence-corrected chi connectivity index (χ3v) is 8.30. The molecule has 3 aromatic carbocycles. The maximum absolute atomic E-state index is 11.3. The summed E-state index contributed by atoms with van der Waals surface area (Å²) in [4.78, 5) is 0. The molecular formula is C31H36O15. The Balaban J connectivity index is 1.66. The Morgan fingerprint density at radius 2 is 1.52 bits per heavy atom. The fourth-order valence-corrected chi connectivity index (χ4v) is 5.89. The van der Waals surface area contributed by atoms with Crippen molar-refractivity contribution in [2.75, 3.05) is 20.3 Å². The molecule has 2 heterocycles. The third kappa shape index (κ3) is 6.06. The Bertz CT molecular complexity index is 1540. The van der Waals surface area contributed by atoms with Gasteiger partial charge in [-0.3, -0.25) is 0 Å². The second-order valence-corrected chi connectivity index (χ2v) is 11.2. The molecule has 15 nitrogen and oxygen atoms in total. The van der Waals surface area contributed by atoms with Gasteiger partial charge in [0, 0.05) is 29.5 Å². The van der Waals surface area contributed by atoms with Gasteiger partial charge in [-0.25, -0.2) is 0 Å². The van der Waals surface area contributed by atoms with Gasteiger partial charge in [-0.1, -0.05) is 12.1 Å². The Morgan fingerprint density at radius 1 is 0.804 bits per heavy atom. The summed E-state index contributed by atoms with van der Waals surface area (Å²) in [6.07, 6.45) is -12.5. The van der Waals surface area contributed by atoms with E-state index in [1.165, 1.54) is 43.5 Å². The van der Waals surface area contributed by atoms with E-state index in [1.54, 1.807) is 0 Å². The lowest BCUT2D eigenvalue weighted by Gasteiger charge is -2.42. The Morgan fingerprint density at radius 3 is 2.17 bits per heavy atom. The first-order valence-corrected chi connectivity index (χ1v) is 14.3. The van der Waals surface area contributed by atoms with Crippen LogP contribution >= 0.6 is 0 Å². The minimum Gasteiger partial charge on any atom is -0.507 e. The molecule has 0 radical (unpaired) electrons. The number of aliphatic hydroxyl groups excluding tert-OH is 6. The molecule has 3 aromatic rings. The van der Waals surface area contributed by atoms with Crippen LogP contribution in [-0.2, 0) is 15.9 Å². The first-order chi connectivity index (χ1) is 21.9. The average molecular weight is 649 g/mol. The van der Waals surface area contributed by atoms with E-state index in [0.717, 1.165) is 6.07 Å². The number of phenols is 5. The second kappa shape index (κ2) is 13.4. The topological polar surface area (TPSA) is 259 Å². The number of benzene rings is 3. The van der Waals surface area contributed by atoms with Gasteiger partial charge in [0.1, 0.15) is 47.8 Å². The number of ether oxygens (including phenoxy) is 4. The largest absolute Gasteiger partial charge is 0.507 e. The first kappa shape index (κ1) is 33.3. The summed E-state index contributed by atoms with van der Waals surface area (Å²) in [5, 5.41) is 115. The molecule has 1 saturated heterocycles. The molecule has 2 aliphatic heterocycles. The predicted molar refractivity (Wildman–Crippen MR) is 155 cm³/mol. The number of aromatic hydroxyl groups is 5. The summed E-state index contributed by atoms with van der Waals surface area (Å²) in [6, 6.07) is 8.86. The Hall–Kier alpha value is -4.06. The molecule has 1 fully saturated rings. The lowest BCUT2D eigenvalue weighted by molar-refractivity contribution is -0.314. The van der Waals surface area contributed by atoms with Crippen LogP contribution in [0.4, 0.5) is 0 Å². The molecule has 0 aliphatic carbocycles. The van der Waals surface area contributed by atoms with Crippen molar-refractivity contribution in [2.24, 2.45) is 0 Å². The fraction of sp³-hybridized carbons (Fsp3) is 0.419. The molecule has 5 rings (SSSR count). The van der Waals surface area contributed by atoms with Gasteiger partial charge in [0.25, 0.3) is 0 Å². The monoisotopic (exact) mass is 648 g/mol. The van der Waals surface area contributed by atoms with E-state index in [9.17, 15) is 56.2 Å². The molecule has 2 aliphatic rings. The van der Waals surface area contributed by atoms with Crippen LogP contribution in [0.25, 0.3) is 0 Å². The number of phenolic OH excluding ortho intramolecular Hbond substituents is 5. The zero-order valence-corrected chi connectivity index (χ0v) is 24.4. The highest BCUT2D eigenvalue weighted by Gasteiger charge is 2.47. The maximum Gasteiger partial charge on any atom is 0.187 e. The maximum atomic E-state index is 11.3. The number of rotatable bonds is 9. The van der Waals surface area contributed by atoms with E-state index < -0.39 is 91.1 Å². The molecule has 0 spiro atoms. The van der Waals surface area contributed by atoms with E-state index in [1.807, 2.05) is 0 Å². The smallest absolute Gasteiger partial charge is 0.187 e. The van der Waals surface area contributed by atoms with Crippen molar-refractivity contribution < 1.29 is 75.1 Å². The third-order valence-electron chi connectivity index (χ3n) is 8.30. The number of aliphatic hydroxyl groups is 6. The standard InChI is InChI=1S/C31H36O15/c1-43-21-7-12(2-5-16(21)35)24(22(10-32)44-31-28(42)27(41)26(40)23(11-33)45-31)25-19(38)9-17(36)14-8-20(39)29(46-30(14)25)13-3-4-15(34)18(37)6-13/h2-7,9,20,22-24,26-29,31-42H,8,10-11H2,1H3/t20-,22-,23+,24+,26+,27-,28+,29-,31+/m1/s1. The van der Waals surface area contributed by atoms with E-state index in [-0.39, 0.29) is 45.9 Å². The van der Waals surface area contributed by atoms with Gasteiger partial charge in [0.15, 0.2) is 29.3 Å². The van der Waals surface area contributed by atoms with E-state index in [4.69, 9.17) is 18.9 Å². The normalized spacial score (nSPS) is 27.3. The second-order valence-electron chi connectivity index (χ2n) is 11.2. The fourth-order valence-electron chi connectivity index (χ4n) is 5.89. The lowest BCUT2D eigenvalue weighted by Crippen LogP contribution is -2.60. The molecule has 0 bridgehead atoms. The van der Waals surface area contributed by atoms with Gasteiger partial charge in [-0.15, -0.1) is 0 Å². The predicted octanol–water partition coefficient (Wildman–Crippen LogP) is -0.430. The van der Waals surface area contributed by atoms with Crippen LogP contribution < -0.4 is 9.47 Å². The number of methoxy groups -OCH3 is 1. The van der Waals surface area contributed by atoms with Crippen molar-refractivity contribution in [3.63, 3.8) is 0 Å². The van der Waals surface area contributed by atoms with E-state index in [2.05, 4.69) is 0 Å². The van der Waals surface area contributed by atoms with Crippen LogP contribution in [0.5, 0.6) is 40.2 Å². The van der Waals surface area contributed by atoms with Crippen LogP contribution in [0.3, 0.4) is 0 Å². The lowest BCUT2D eigenvalue weighted by atomic mass is 9.82. The molecule has 0 aromatic heterocycles. The van der Waals surface area contributed by atoms with Gasteiger partial charge in [0.2, 0.25) is 0 Å². The van der Waals surface area contributed by atoms with E-state index in [0.29, 0.717) is 0 Å². The highest BCUT2D eigenvalue weighted by Crippen LogP contribution is 2.51. The van der Waals surface area contributed by atoms with E-state index >= 15 is 0 Å². The number of hydrogen-bond acceptors (Lipinski definition) is 15. The average Bonchev–Trinajstić information content (AvgIpc) is 3.03. The highest BCUT2D eigenvalue weighted by atomic mass is 16.7. The Labute approximate surface area is 261 Å². The minimum absolute atomic E-state index is 0.00653. The summed E-state index contributed by atoms with van der Waals surface area (Å²) in [5.41, 5.74) is 0.472. The van der Waals surface area contributed by atoms with Crippen molar-refractivity contribution >= 4 is 0 Å². The van der Waals surface area contributed by atoms with Gasteiger partial charge in [-0.2, -0.15) is 0 Å². The van der Waals surface area contributed by atoms with Crippen molar-refractivity contribution in [3.05, 3.63) is 64.7 Å². The van der Waals surface area contributed by atoms with Crippen molar-refractivity contribution in [1.29, 1.82) is 0 Å². The van der Waals surface area contributed by atoms with Crippen LogP contribution in [0.2, 0.25) is 0 Å². The van der Waals surface area contributed by atoms with Crippen molar-refractivity contribution in [1.82, 2.24) is 0 Å². The van der Waals surface area contributed by atoms with Gasteiger partial charge in [0.05, 0.1) is 32.5 Å². The first-order valence-electron chi connectivity index (χ1n) is 14.3. The van der Waals surface area contributed by atoms with Crippen LogP contribution in [0, 0.1) is 0 Å². The Kier molecular flexibility index (Phi) is 9.67. The van der Waals surface area contributed by atoms with Crippen LogP contribution in [0.1, 0.15) is 34.3 Å². The van der Waals surface area contributed by atoms with Crippen molar-refractivity contribution in [3.8, 4) is 40.2 Å². The van der Waals surface area contributed by atoms with Crippen LogP contribution in [0.15, 0.2) is 42.5 Å². The summed E-state index contributed by atoms with van der Waals surface area (Å²) < 4.78 is 22.9.